The number of nitrogens with two attached hydrogens (primary N) is 1. The summed E-state index contributed by atoms with van der Waals surface area (Å²) in [5.41, 5.74) is 6.50. The zero-order valence-corrected chi connectivity index (χ0v) is 10.8. The molecule has 2 rings (SSSR count). The summed E-state index contributed by atoms with van der Waals surface area (Å²) in [5.74, 6) is -0.627. The van der Waals surface area contributed by atoms with Gasteiger partial charge in [0.2, 0.25) is 0 Å². The number of methoxy groups -OCH3 is 1. The molecule has 0 aromatic heterocycles. The molecule has 0 heterocycles. The maximum absolute atomic E-state index is 11.1. The molecule has 0 aliphatic carbocycles. The Kier molecular flexibility index (Phi) is 4.02. The van der Waals surface area contributed by atoms with Crippen LogP contribution in [-0.4, -0.2) is 24.7 Å². The Morgan fingerprint density at radius 1 is 1.26 bits per heavy atom. The van der Waals surface area contributed by atoms with E-state index < -0.39 is 11.9 Å². The molecule has 0 bridgehead atoms. The van der Waals surface area contributed by atoms with E-state index >= 15 is 0 Å². The van der Waals surface area contributed by atoms with Gasteiger partial charge in [0.1, 0.15) is 5.75 Å². The van der Waals surface area contributed by atoms with Crippen molar-refractivity contribution in [1.82, 2.24) is 0 Å². The number of carboxylic acids is 1. The lowest BCUT2D eigenvalue weighted by molar-refractivity contribution is -0.141. The van der Waals surface area contributed by atoms with Crippen molar-refractivity contribution >= 4 is 16.7 Å². The Balaban J connectivity index is 2.47. The summed E-state index contributed by atoms with van der Waals surface area (Å²) in [6.07, 6.45) is 0.427. The Bertz CT molecular complexity index is 595. The van der Waals surface area contributed by atoms with E-state index in [2.05, 4.69) is 0 Å². The molecule has 100 valence electrons. The number of hydrogen-bond donors (Lipinski definition) is 2. The molecule has 2 aromatic rings. The Hall–Kier alpha value is -2.07. The average Bonchev–Trinajstić information content (AvgIpc) is 2.44. The first-order chi connectivity index (χ1) is 9.17. The van der Waals surface area contributed by atoms with Crippen LogP contribution in [0.2, 0.25) is 0 Å². The number of carboxylic acid groups (broad SMARTS) is 1. The molecule has 0 aliphatic heterocycles. The fourth-order valence-corrected chi connectivity index (χ4v) is 2.23. The molecule has 0 spiro atoms. The second-order valence-electron chi connectivity index (χ2n) is 4.45. The third-order valence-corrected chi connectivity index (χ3v) is 3.29. The molecule has 0 aliphatic rings. The van der Waals surface area contributed by atoms with Crippen LogP contribution in [0.15, 0.2) is 36.4 Å². The van der Waals surface area contributed by atoms with Gasteiger partial charge in [-0.15, -0.1) is 0 Å². The molecule has 1 atom stereocenters. The molecular formula is C15H17NO3. The van der Waals surface area contributed by atoms with E-state index in [0.29, 0.717) is 6.42 Å². The van der Waals surface area contributed by atoms with Crippen LogP contribution >= 0.6 is 0 Å². The van der Waals surface area contributed by atoms with Crippen LogP contribution in [0.5, 0.6) is 5.75 Å². The maximum Gasteiger partial charge on any atom is 0.308 e. The molecule has 3 N–H and O–H groups in total. The number of fused-ring (bicyclic) bond motifs is 1. The lowest BCUT2D eigenvalue weighted by Crippen LogP contribution is -2.25. The molecule has 0 radical (unpaired) electrons. The molecular weight excluding hydrogens is 242 g/mol. The number of benzene rings is 2. The largest absolute Gasteiger partial charge is 0.496 e. The van der Waals surface area contributed by atoms with Gasteiger partial charge in [0.25, 0.3) is 0 Å². The molecule has 2 aromatic carbocycles. The number of hydrogen-bond acceptors (Lipinski definition) is 3. The van der Waals surface area contributed by atoms with Crippen LogP contribution in [0.4, 0.5) is 0 Å². The van der Waals surface area contributed by atoms with E-state index in [9.17, 15) is 4.79 Å². The predicted molar refractivity (Wildman–Crippen MR) is 74.4 cm³/mol. The number of ether oxygens (including phenoxy) is 1. The second kappa shape index (κ2) is 5.71. The van der Waals surface area contributed by atoms with E-state index in [1.54, 1.807) is 7.11 Å². The Morgan fingerprint density at radius 2 is 1.95 bits per heavy atom. The van der Waals surface area contributed by atoms with Gasteiger partial charge < -0.3 is 15.6 Å². The first-order valence-corrected chi connectivity index (χ1v) is 6.15. The van der Waals surface area contributed by atoms with Gasteiger partial charge in [0.05, 0.1) is 13.0 Å². The summed E-state index contributed by atoms with van der Waals surface area (Å²) in [6, 6.07) is 11.6. The van der Waals surface area contributed by atoms with Gasteiger partial charge in [-0.3, -0.25) is 4.79 Å². The molecule has 1 unspecified atom stereocenters. The van der Waals surface area contributed by atoms with Crippen molar-refractivity contribution in [3.63, 3.8) is 0 Å². The SMILES string of the molecule is COc1ccc(CC(CN)C(=O)O)c2ccccc12. The van der Waals surface area contributed by atoms with E-state index in [1.807, 2.05) is 36.4 Å². The van der Waals surface area contributed by atoms with Crippen molar-refractivity contribution in [2.45, 2.75) is 6.42 Å². The van der Waals surface area contributed by atoms with E-state index in [-0.39, 0.29) is 6.54 Å². The Morgan fingerprint density at radius 3 is 2.53 bits per heavy atom. The summed E-state index contributed by atoms with van der Waals surface area (Å²) in [6.45, 7) is 0.135. The third-order valence-electron chi connectivity index (χ3n) is 3.29. The van der Waals surface area contributed by atoms with Crippen molar-refractivity contribution in [1.29, 1.82) is 0 Å². The minimum atomic E-state index is -0.859. The normalized spacial score (nSPS) is 12.3. The van der Waals surface area contributed by atoms with Gasteiger partial charge in [0.15, 0.2) is 0 Å². The van der Waals surface area contributed by atoms with Gasteiger partial charge in [-0.25, -0.2) is 0 Å². The van der Waals surface area contributed by atoms with E-state index in [1.165, 1.54) is 0 Å². The fraction of sp³-hybridized carbons (Fsp3) is 0.267. The van der Waals surface area contributed by atoms with Crippen LogP contribution in [0, 0.1) is 5.92 Å². The summed E-state index contributed by atoms with van der Waals surface area (Å²) in [4.78, 5) is 11.1. The predicted octanol–water partition coefficient (Wildman–Crippen LogP) is 2.05. The van der Waals surface area contributed by atoms with Crippen molar-refractivity contribution in [3.8, 4) is 5.75 Å². The fourth-order valence-electron chi connectivity index (χ4n) is 2.23. The third kappa shape index (κ3) is 2.69. The van der Waals surface area contributed by atoms with Crippen molar-refractivity contribution in [3.05, 3.63) is 42.0 Å². The highest BCUT2D eigenvalue weighted by molar-refractivity contribution is 5.91. The number of aliphatic carboxylic acids is 1. The standard InChI is InChI=1S/C15H17NO3/c1-19-14-7-6-10(8-11(9-16)15(17)18)12-4-2-3-5-13(12)14/h2-7,11H,8-9,16H2,1H3,(H,17,18). The molecule has 0 saturated heterocycles. The highest BCUT2D eigenvalue weighted by atomic mass is 16.5. The highest BCUT2D eigenvalue weighted by Gasteiger charge is 2.17. The monoisotopic (exact) mass is 259 g/mol. The van der Waals surface area contributed by atoms with Crippen molar-refractivity contribution in [2.75, 3.05) is 13.7 Å². The van der Waals surface area contributed by atoms with E-state index in [4.69, 9.17) is 15.6 Å². The smallest absolute Gasteiger partial charge is 0.308 e. The summed E-state index contributed by atoms with van der Waals surface area (Å²) >= 11 is 0. The van der Waals surface area contributed by atoms with Gasteiger partial charge >= 0.3 is 5.97 Å². The van der Waals surface area contributed by atoms with Crippen LogP contribution in [0.1, 0.15) is 5.56 Å². The average molecular weight is 259 g/mol. The van der Waals surface area contributed by atoms with Crippen LogP contribution in [0.3, 0.4) is 0 Å². The van der Waals surface area contributed by atoms with Gasteiger partial charge in [-0.2, -0.15) is 0 Å². The van der Waals surface area contributed by atoms with Crippen LogP contribution in [0.25, 0.3) is 10.8 Å². The summed E-state index contributed by atoms with van der Waals surface area (Å²) in [5, 5.41) is 11.1. The first kappa shape index (κ1) is 13.4. The van der Waals surface area contributed by atoms with Crippen molar-refractivity contribution < 1.29 is 14.6 Å². The molecule has 0 amide bonds. The van der Waals surface area contributed by atoms with Crippen LogP contribution < -0.4 is 10.5 Å². The van der Waals surface area contributed by atoms with Crippen molar-refractivity contribution in [2.24, 2.45) is 11.7 Å². The zero-order valence-electron chi connectivity index (χ0n) is 10.8. The lowest BCUT2D eigenvalue weighted by Gasteiger charge is -2.13. The molecule has 0 fully saturated rings. The molecule has 4 nitrogen and oxygen atoms in total. The van der Waals surface area contributed by atoms with Crippen LogP contribution in [-0.2, 0) is 11.2 Å². The maximum atomic E-state index is 11.1. The molecule has 19 heavy (non-hydrogen) atoms. The topological polar surface area (TPSA) is 72.5 Å². The molecule has 4 heteroatoms. The minimum Gasteiger partial charge on any atom is -0.496 e. The molecule has 0 saturated carbocycles. The number of rotatable bonds is 5. The van der Waals surface area contributed by atoms with Gasteiger partial charge in [0, 0.05) is 11.9 Å². The Labute approximate surface area is 111 Å². The lowest BCUT2D eigenvalue weighted by atomic mass is 9.94. The highest BCUT2D eigenvalue weighted by Crippen LogP contribution is 2.29. The minimum absolute atomic E-state index is 0.135. The quantitative estimate of drug-likeness (QED) is 0.862. The van der Waals surface area contributed by atoms with Gasteiger partial charge in [-0.1, -0.05) is 30.3 Å². The summed E-state index contributed by atoms with van der Waals surface area (Å²) in [7, 11) is 1.63. The second-order valence-corrected chi connectivity index (χ2v) is 4.45. The van der Waals surface area contributed by atoms with Gasteiger partial charge in [-0.05, 0) is 23.4 Å². The first-order valence-electron chi connectivity index (χ1n) is 6.15. The zero-order chi connectivity index (χ0) is 13.8. The number of carbonyl (C=O) groups is 1. The summed E-state index contributed by atoms with van der Waals surface area (Å²) < 4.78 is 5.32. The van der Waals surface area contributed by atoms with E-state index in [0.717, 1.165) is 22.1 Å².